The van der Waals surface area contributed by atoms with Gasteiger partial charge in [-0.2, -0.15) is 0 Å². The number of carbonyl (C=O) groups is 5. The van der Waals surface area contributed by atoms with Gasteiger partial charge in [0, 0.05) is 25.7 Å². The van der Waals surface area contributed by atoms with Crippen LogP contribution in [0.15, 0.2) is 11.3 Å². The van der Waals surface area contributed by atoms with E-state index in [1.54, 1.807) is 20.8 Å². The highest BCUT2D eigenvalue weighted by Crippen LogP contribution is 2.42. The summed E-state index contributed by atoms with van der Waals surface area (Å²) < 4.78 is 40.7. The quantitative estimate of drug-likeness (QED) is 0.0739. The van der Waals surface area contributed by atoms with Gasteiger partial charge in [0.2, 0.25) is 0 Å². The van der Waals surface area contributed by atoms with Gasteiger partial charge in [-0.3, -0.25) is 19.8 Å². The summed E-state index contributed by atoms with van der Waals surface area (Å²) in [6, 6.07) is -1.00. The van der Waals surface area contributed by atoms with Gasteiger partial charge in [0.15, 0.2) is 29.4 Å². The summed E-state index contributed by atoms with van der Waals surface area (Å²) in [7, 11) is 1.28. The molecule has 3 heterocycles. The first-order chi connectivity index (χ1) is 25.1. The summed E-state index contributed by atoms with van der Waals surface area (Å²) in [5.41, 5.74) is -7.31. The molecule has 0 radical (unpaired) electrons. The number of carbonyl (C=O) groups excluding carboxylic acids is 4. The number of hydrogen-bond donors (Lipinski definition) is 7. The number of methoxy groups -OCH3 is 1. The Morgan fingerprint density at radius 2 is 1.78 bits per heavy atom. The Bertz CT molecular complexity index is 1570. The van der Waals surface area contributed by atoms with E-state index in [9.17, 15) is 49.5 Å². The van der Waals surface area contributed by atoms with Crippen molar-refractivity contribution < 1.29 is 82.7 Å². The molecule has 0 saturated carbocycles. The van der Waals surface area contributed by atoms with Crippen molar-refractivity contribution in [2.75, 3.05) is 13.7 Å². The number of nitrogens with one attached hydrogen (secondary N) is 2. The molecule has 4 rings (SSSR count). The van der Waals surface area contributed by atoms with Crippen LogP contribution in [-0.2, 0) is 57.1 Å². The monoisotopic (exact) mass is 806 g/mol. The first kappa shape index (κ1) is 43.4. The normalized spacial score (nSPS) is 37.8. The van der Waals surface area contributed by atoms with Gasteiger partial charge in [0.25, 0.3) is 0 Å². The second-order valence-corrected chi connectivity index (χ2v) is 15.9. The maximum Gasteiger partial charge on any atom is 0.341 e. The van der Waals surface area contributed by atoms with Crippen LogP contribution in [-0.4, -0.2) is 157 Å². The molecule has 21 heteroatoms. The van der Waals surface area contributed by atoms with E-state index >= 15 is 0 Å². The van der Waals surface area contributed by atoms with Crippen LogP contribution in [0.4, 0.5) is 0 Å². The summed E-state index contributed by atoms with van der Waals surface area (Å²) >= 11 is 6.37. The highest BCUT2D eigenvalue weighted by molar-refractivity contribution is 8.23. The lowest BCUT2D eigenvalue weighted by Crippen LogP contribution is -2.70. The Kier molecular flexibility index (Phi) is 13.5. The fourth-order valence-corrected chi connectivity index (χ4v) is 8.25. The average molecular weight is 807 g/mol. The molecule has 3 saturated heterocycles. The molecule has 13 atom stereocenters. The molecule has 3 fully saturated rings. The lowest BCUT2D eigenvalue weighted by Gasteiger charge is -2.52. The molecule has 3 aliphatic heterocycles. The molecule has 54 heavy (non-hydrogen) atoms. The Morgan fingerprint density at radius 1 is 1.13 bits per heavy atom. The summed E-state index contributed by atoms with van der Waals surface area (Å²) in [5, 5.41) is 66.7. The molecule has 0 aromatic carbocycles. The van der Waals surface area contributed by atoms with E-state index in [-0.39, 0.29) is 6.42 Å². The minimum absolute atomic E-state index is 0.300. The van der Waals surface area contributed by atoms with Gasteiger partial charge in [-0.1, -0.05) is 44.8 Å². The molecular formula is C33H46N2O17S2. The first-order valence-corrected chi connectivity index (χ1v) is 18.3. The molecule has 1 aliphatic carbocycles. The predicted molar refractivity (Wildman–Crippen MR) is 187 cm³/mol. The van der Waals surface area contributed by atoms with Crippen LogP contribution in [0.5, 0.6) is 0 Å². The highest BCUT2D eigenvalue weighted by Gasteiger charge is 2.62. The number of ketones is 1. The van der Waals surface area contributed by atoms with Gasteiger partial charge in [-0.25, -0.2) is 9.59 Å². The molecule has 0 aromatic rings. The largest absolute Gasteiger partial charge is 0.508 e. The zero-order chi connectivity index (χ0) is 40.6. The zero-order valence-corrected chi connectivity index (χ0v) is 32.1. The van der Waals surface area contributed by atoms with Crippen LogP contribution in [0.1, 0.15) is 54.4 Å². The summed E-state index contributed by atoms with van der Waals surface area (Å²) in [6.45, 7) is 8.16. The topological polar surface area (TPSA) is 287 Å². The third-order valence-electron chi connectivity index (χ3n) is 9.88. The van der Waals surface area contributed by atoms with E-state index in [1.807, 2.05) is 0 Å². The first-order valence-electron chi connectivity index (χ1n) is 17.0. The van der Waals surface area contributed by atoms with E-state index < -0.39 is 143 Å². The van der Waals surface area contributed by atoms with E-state index in [0.717, 1.165) is 6.92 Å². The second-order valence-electron chi connectivity index (χ2n) is 13.8. The van der Waals surface area contributed by atoms with Gasteiger partial charge in [-0.05, 0) is 13.8 Å². The maximum atomic E-state index is 13.6. The van der Waals surface area contributed by atoms with E-state index in [0.29, 0.717) is 4.32 Å². The van der Waals surface area contributed by atoms with Crippen molar-refractivity contribution in [3.63, 3.8) is 0 Å². The summed E-state index contributed by atoms with van der Waals surface area (Å²) in [5.74, 6) is -7.39. The van der Waals surface area contributed by atoms with Crippen LogP contribution in [0.25, 0.3) is 0 Å². The summed E-state index contributed by atoms with van der Waals surface area (Å²) in [6.07, 6.45) is -15.8. The molecule has 0 amide bonds. The van der Waals surface area contributed by atoms with Crippen molar-refractivity contribution in [3.05, 3.63) is 11.3 Å². The van der Waals surface area contributed by atoms with Crippen molar-refractivity contribution in [3.8, 4) is 0 Å². The number of Topliss-reactive ketones (excluding diaryl/α,β-unsaturated/α-hetero) is 1. The minimum Gasteiger partial charge on any atom is -0.508 e. The van der Waals surface area contributed by atoms with Crippen molar-refractivity contribution in [2.24, 2.45) is 5.92 Å². The fourth-order valence-electron chi connectivity index (χ4n) is 6.82. The third kappa shape index (κ3) is 8.43. The van der Waals surface area contributed by atoms with Crippen molar-refractivity contribution in [1.29, 1.82) is 5.41 Å². The highest BCUT2D eigenvalue weighted by atomic mass is 32.2. The number of thioether (sulfide) groups is 1. The summed E-state index contributed by atoms with van der Waals surface area (Å²) in [4.78, 5) is 62.9. The van der Waals surface area contributed by atoms with Crippen LogP contribution in [0, 0.1) is 11.3 Å². The SMILES string of the molecule is CO[C@H]1C[C@H](O[C@H]2[C@@H](O)[C@H](C3(O)CC(=O)C(=N)C(C(=O)O)=C3O)O[C@H](COC(C)=O)[C@H]2OC(=O)C2NC(=S)SC2C)O[C@@H](C)[C@]1(O)C(C)OC(=O)C(C)C. The number of thiocarbonyl (C=S) groups is 1. The average Bonchev–Trinajstić information content (AvgIpc) is 3.43. The van der Waals surface area contributed by atoms with Crippen LogP contribution in [0.3, 0.4) is 0 Å². The molecule has 4 aliphatic rings. The predicted octanol–water partition coefficient (Wildman–Crippen LogP) is -0.558. The number of aliphatic carboxylic acids is 1. The maximum absolute atomic E-state index is 13.6. The molecule has 7 N–H and O–H groups in total. The molecular weight excluding hydrogens is 760 g/mol. The van der Waals surface area contributed by atoms with Crippen molar-refractivity contribution >= 4 is 63.7 Å². The molecule has 19 nitrogen and oxygen atoms in total. The number of carboxylic acids is 1. The van der Waals surface area contributed by atoms with Gasteiger partial charge in [0.05, 0.1) is 24.5 Å². The Hall–Kier alpha value is -3.28. The molecule has 0 aromatic heterocycles. The molecule has 302 valence electrons. The van der Waals surface area contributed by atoms with Crippen LogP contribution in [0.2, 0.25) is 0 Å². The zero-order valence-electron chi connectivity index (χ0n) is 30.5. The minimum atomic E-state index is -3.00. The van der Waals surface area contributed by atoms with E-state index in [4.69, 9.17) is 50.8 Å². The number of rotatable bonds is 12. The molecule has 0 bridgehead atoms. The van der Waals surface area contributed by atoms with E-state index in [2.05, 4.69) is 5.32 Å². The fraction of sp³-hybridized carbons (Fsp3) is 0.727. The molecule has 4 unspecified atom stereocenters. The Balaban J connectivity index is 1.78. The van der Waals surface area contributed by atoms with Crippen molar-refractivity contribution in [1.82, 2.24) is 5.32 Å². The number of aliphatic hydroxyl groups is 4. The van der Waals surface area contributed by atoms with Gasteiger partial charge in [-0.15, -0.1) is 0 Å². The Labute approximate surface area is 319 Å². The smallest absolute Gasteiger partial charge is 0.341 e. The van der Waals surface area contributed by atoms with Gasteiger partial charge < -0.3 is 64.0 Å². The van der Waals surface area contributed by atoms with Crippen molar-refractivity contribution in [2.45, 2.75) is 132 Å². The number of hydrogen-bond acceptors (Lipinski definition) is 19. The molecule has 0 spiro atoms. The number of ether oxygens (including phenoxy) is 7. The number of aliphatic hydroxyl groups excluding tert-OH is 2. The van der Waals surface area contributed by atoms with Gasteiger partial charge in [0.1, 0.15) is 64.5 Å². The van der Waals surface area contributed by atoms with Crippen LogP contribution >= 0.6 is 24.0 Å². The third-order valence-corrected chi connectivity index (χ3v) is 11.3. The number of esters is 3. The standard InChI is InChI=1S/C33H46N2O17S2/c1-11(2)29(42)49-14(5)33(45)13(4)48-19(8-18(33)46-7)51-25-23(38)27(32(44)9-16(37)21(34)20(26(32)39)28(40)41)50-17(10-47-15(6)36)24(25)52-30(43)22-12(3)54-31(53)35-22/h11-14,17-19,22-25,27,34,38-39,44-45H,8-10H2,1-7H3,(H,35,53)(H,40,41)/t12?,13-,14?,17+,18-,19-,22?,23+,24+,25-,27+,32?,33-/m0/s1. The van der Waals surface area contributed by atoms with Gasteiger partial charge >= 0.3 is 23.9 Å². The second kappa shape index (κ2) is 16.8. The lowest BCUT2D eigenvalue weighted by atomic mass is 9.74. The Morgan fingerprint density at radius 3 is 2.31 bits per heavy atom. The number of carboxylic acid groups (broad SMARTS) is 1. The van der Waals surface area contributed by atoms with Crippen LogP contribution < -0.4 is 5.32 Å². The van der Waals surface area contributed by atoms with E-state index in [1.165, 1.54) is 32.7 Å². The lowest BCUT2D eigenvalue weighted by molar-refractivity contribution is -0.345.